The molecule has 0 aliphatic carbocycles. The largest absolute Gasteiger partial charge is 0.493 e. The van der Waals surface area contributed by atoms with Crippen LogP contribution in [-0.2, 0) is 4.74 Å². The van der Waals surface area contributed by atoms with Crippen LogP contribution >= 0.6 is 0 Å². The molecule has 0 saturated carbocycles. The van der Waals surface area contributed by atoms with Gasteiger partial charge in [-0.3, -0.25) is 0 Å². The molecule has 1 aliphatic heterocycles. The third-order valence-corrected chi connectivity index (χ3v) is 4.24. The molecule has 2 unspecified atom stereocenters. The van der Waals surface area contributed by atoms with E-state index in [1.807, 2.05) is 25.7 Å². The van der Waals surface area contributed by atoms with Gasteiger partial charge in [-0.2, -0.15) is 0 Å². The number of halogens is 1. The maximum absolute atomic E-state index is 13.0. The van der Waals surface area contributed by atoms with Crippen LogP contribution in [0, 0.1) is 11.7 Å². The van der Waals surface area contributed by atoms with Crippen molar-refractivity contribution in [1.29, 1.82) is 0 Å². The van der Waals surface area contributed by atoms with Gasteiger partial charge in [0.25, 0.3) is 0 Å². The number of amides is 1. The Morgan fingerprint density at radius 1 is 1.29 bits per heavy atom. The van der Waals surface area contributed by atoms with Crippen molar-refractivity contribution in [3.63, 3.8) is 0 Å². The molecule has 1 aromatic carbocycles. The van der Waals surface area contributed by atoms with Crippen LogP contribution in [0.5, 0.6) is 5.75 Å². The molecule has 0 N–H and O–H groups in total. The topological polar surface area (TPSA) is 38.8 Å². The van der Waals surface area contributed by atoms with Crippen LogP contribution in [0.15, 0.2) is 24.3 Å². The molecule has 4 nitrogen and oxygen atoms in total. The maximum Gasteiger partial charge on any atom is 0.410 e. The Kier molecular flexibility index (Phi) is 6.08. The van der Waals surface area contributed by atoms with E-state index in [9.17, 15) is 9.18 Å². The summed E-state index contributed by atoms with van der Waals surface area (Å²) in [5.74, 6) is 0.629. The molecule has 0 bridgehead atoms. The molecule has 134 valence electrons. The molecule has 1 aromatic rings. The highest BCUT2D eigenvalue weighted by molar-refractivity contribution is 5.68. The highest BCUT2D eigenvalue weighted by Gasteiger charge is 2.35. The number of ether oxygens (including phenoxy) is 2. The van der Waals surface area contributed by atoms with E-state index in [-0.39, 0.29) is 23.9 Å². The Morgan fingerprint density at radius 3 is 2.54 bits per heavy atom. The molecular formula is C19H28FNO3. The lowest BCUT2D eigenvalue weighted by Gasteiger charge is -2.41. The highest BCUT2D eigenvalue weighted by atomic mass is 19.1. The molecule has 1 fully saturated rings. The minimum Gasteiger partial charge on any atom is -0.493 e. The highest BCUT2D eigenvalue weighted by Crippen LogP contribution is 2.28. The number of piperidine rings is 1. The van der Waals surface area contributed by atoms with Gasteiger partial charge in [0.1, 0.15) is 17.2 Å². The second-order valence-electron chi connectivity index (χ2n) is 7.32. The van der Waals surface area contributed by atoms with Crippen molar-refractivity contribution in [3.8, 4) is 5.75 Å². The van der Waals surface area contributed by atoms with E-state index < -0.39 is 5.60 Å². The molecule has 2 atom stereocenters. The number of hydrogen-bond acceptors (Lipinski definition) is 3. The Morgan fingerprint density at radius 2 is 1.96 bits per heavy atom. The summed E-state index contributed by atoms with van der Waals surface area (Å²) in [6.07, 6.45) is 2.56. The number of likely N-dealkylation sites (tertiary alicyclic amines) is 1. The van der Waals surface area contributed by atoms with E-state index in [0.717, 1.165) is 25.8 Å². The van der Waals surface area contributed by atoms with E-state index in [1.165, 1.54) is 12.1 Å². The van der Waals surface area contributed by atoms with Gasteiger partial charge >= 0.3 is 6.09 Å². The third kappa shape index (κ3) is 5.11. The third-order valence-electron chi connectivity index (χ3n) is 4.24. The standard InChI is InChI=1S/C19H28FNO3/c1-5-17-14(13-23-16-10-8-15(20)9-11-16)7-6-12-21(17)18(22)24-19(2,3)4/h8-11,14,17H,5-7,12-13H2,1-4H3. The minimum absolute atomic E-state index is 0.106. The van der Waals surface area contributed by atoms with Crippen LogP contribution < -0.4 is 4.74 Å². The SMILES string of the molecule is CCC1C(COc2ccc(F)cc2)CCCN1C(=O)OC(C)(C)C. The Balaban J connectivity index is 1.99. The summed E-state index contributed by atoms with van der Waals surface area (Å²) in [6.45, 7) is 8.96. The van der Waals surface area contributed by atoms with Crippen LogP contribution in [0.3, 0.4) is 0 Å². The predicted molar refractivity (Wildman–Crippen MR) is 91.6 cm³/mol. The van der Waals surface area contributed by atoms with Crippen LogP contribution in [0.2, 0.25) is 0 Å². The summed E-state index contributed by atoms with van der Waals surface area (Å²) in [7, 11) is 0. The normalized spacial score (nSPS) is 21.5. The zero-order chi connectivity index (χ0) is 17.7. The van der Waals surface area contributed by atoms with Crippen molar-refractivity contribution in [2.75, 3.05) is 13.2 Å². The molecule has 2 rings (SSSR count). The maximum atomic E-state index is 13.0. The fraction of sp³-hybridized carbons (Fsp3) is 0.632. The first-order valence-corrected chi connectivity index (χ1v) is 8.68. The van der Waals surface area contributed by atoms with Gasteiger partial charge in [0.05, 0.1) is 6.61 Å². The Hall–Kier alpha value is -1.78. The summed E-state index contributed by atoms with van der Waals surface area (Å²) in [5, 5.41) is 0. The number of benzene rings is 1. The second-order valence-corrected chi connectivity index (χ2v) is 7.32. The van der Waals surface area contributed by atoms with Crippen LogP contribution in [-0.4, -0.2) is 35.8 Å². The van der Waals surface area contributed by atoms with Gasteiger partial charge < -0.3 is 14.4 Å². The molecule has 0 radical (unpaired) electrons. The molecule has 5 heteroatoms. The number of hydrogen-bond donors (Lipinski definition) is 0. The average molecular weight is 337 g/mol. The molecule has 1 amide bonds. The van der Waals surface area contributed by atoms with E-state index in [2.05, 4.69) is 6.92 Å². The van der Waals surface area contributed by atoms with E-state index >= 15 is 0 Å². The van der Waals surface area contributed by atoms with Gasteiger partial charge in [0.15, 0.2) is 0 Å². The van der Waals surface area contributed by atoms with E-state index in [1.54, 1.807) is 12.1 Å². The van der Waals surface area contributed by atoms with Gasteiger partial charge in [-0.25, -0.2) is 9.18 Å². The minimum atomic E-state index is -0.493. The smallest absolute Gasteiger partial charge is 0.410 e. The van der Waals surface area contributed by atoms with Crippen molar-refractivity contribution in [2.24, 2.45) is 5.92 Å². The fourth-order valence-corrected chi connectivity index (χ4v) is 3.17. The molecule has 1 aliphatic rings. The molecule has 1 saturated heterocycles. The summed E-state index contributed by atoms with van der Waals surface area (Å²) >= 11 is 0. The molecule has 0 spiro atoms. The van der Waals surface area contributed by atoms with Crippen molar-refractivity contribution in [1.82, 2.24) is 4.90 Å². The number of carbonyl (C=O) groups excluding carboxylic acids is 1. The molecule has 0 aromatic heterocycles. The summed E-state index contributed by atoms with van der Waals surface area (Å²) in [6, 6.07) is 6.14. The van der Waals surface area contributed by atoms with Gasteiger partial charge in [-0.15, -0.1) is 0 Å². The Bertz CT molecular complexity index is 539. The summed E-state index contributed by atoms with van der Waals surface area (Å²) in [4.78, 5) is 14.3. The van der Waals surface area contributed by atoms with Gasteiger partial charge in [-0.05, 0) is 64.3 Å². The second kappa shape index (κ2) is 7.86. The number of nitrogens with zero attached hydrogens (tertiary/aromatic N) is 1. The quantitative estimate of drug-likeness (QED) is 0.804. The summed E-state index contributed by atoms with van der Waals surface area (Å²) in [5.41, 5.74) is -0.493. The predicted octanol–water partition coefficient (Wildman–Crippen LogP) is 4.63. The Labute approximate surface area is 143 Å². The van der Waals surface area contributed by atoms with Gasteiger partial charge in [-0.1, -0.05) is 6.92 Å². The van der Waals surface area contributed by atoms with E-state index in [0.29, 0.717) is 12.4 Å². The summed E-state index contributed by atoms with van der Waals surface area (Å²) < 4.78 is 24.3. The van der Waals surface area contributed by atoms with Gasteiger partial charge in [0, 0.05) is 18.5 Å². The first kappa shape index (κ1) is 18.6. The van der Waals surface area contributed by atoms with Crippen molar-refractivity contribution < 1.29 is 18.7 Å². The van der Waals surface area contributed by atoms with Crippen LogP contribution in [0.25, 0.3) is 0 Å². The lowest BCUT2D eigenvalue weighted by atomic mass is 9.88. The lowest BCUT2D eigenvalue weighted by molar-refractivity contribution is -0.00581. The number of rotatable bonds is 4. The van der Waals surface area contributed by atoms with Gasteiger partial charge in [0.2, 0.25) is 0 Å². The lowest BCUT2D eigenvalue weighted by Crippen LogP contribution is -2.51. The molecular weight excluding hydrogens is 309 g/mol. The zero-order valence-electron chi connectivity index (χ0n) is 15.0. The van der Waals surface area contributed by atoms with Crippen molar-refractivity contribution in [2.45, 2.75) is 58.6 Å². The zero-order valence-corrected chi connectivity index (χ0v) is 15.0. The molecule has 24 heavy (non-hydrogen) atoms. The van der Waals surface area contributed by atoms with Crippen molar-refractivity contribution in [3.05, 3.63) is 30.1 Å². The first-order chi connectivity index (χ1) is 11.3. The fourth-order valence-electron chi connectivity index (χ4n) is 3.17. The average Bonchev–Trinajstić information content (AvgIpc) is 2.52. The monoisotopic (exact) mass is 337 g/mol. The van der Waals surface area contributed by atoms with Crippen LogP contribution in [0.4, 0.5) is 9.18 Å². The first-order valence-electron chi connectivity index (χ1n) is 8.68. The molecule has 1 heterocycles. The van der Waals surface area contributed by atoms with Crippen LogP contribution in [0.1, 0.15) is 47.0 Å². The van der Waals surface area contributed by atoms with Crippen molar-refractivity contribution >= 4 is 6.09 Å². The number of carbonyl (C=O) groups is 1. The van der Waals surface area contributed by atoms with E-state index in [4.69, 9.17) is 9.47 Å².